The van der Waals surface area contributed by atoms with E-state index in [0.717, 1.165) is 16.4 Å². The Morgan fingerprint density at radius 1 is 1.08 bits per heavy atom. The van der Waals surface area contributed by atoms with E-state index in [1.807, 2.05) is 0 Å². The minimum atomic E-state index is -4.29. The van der Waals surface area contributed by atoms with Gasteiger partial charge in [-0.2, -0.15) is 5.10 Å². The highest BCUT2D eigenvalue weighted by Gasteiger charge is 2.28. The zero-order valence-electron chi connectivity index (χ0n) is 19.6. The Labute approximate surface area is 220 Å². The number of anilines is 1. The second-order valence-electron chi connectivity index (χ2n) is 7.53. The van der Waals surface area contributed by atoms with Gasteiger partial charge in [-0.1, -0.05) is 0 Å². The summed E-state index contributed by atoms with van der Waals surface area (Å²) in [6.07, 6.45) is 1.37. The Bertz CT molecular complexity index is 1450. The molecule has 0 saturated heterocycles. The van der Waals surface area contributed by atoms with Crippen LogP contribution in [0.3, 0.4) is 0 Å². The first kappa shape index (κ1) is 26.2. The Balaban J connectivity index is 1.58. The van der Waals surface area contributed by atoms with Crippen molar-refractivity contribution in [3.63, 3.8) is 0 Å². The summed E-state index contributed by atoms with van der Waals surface area (Å²) in [6.45, 7) is -0.533. The van der Waals surface area contributed by atoms with Crippen molar-refractivity contribution in [1.82, 2.24) is 5.43 Å². The number of halogens is 2. The van der Waals surface area contributed by atoms with Gasteiger partial charge < -0.3 is 18.9 Å². The van der Waals surface area contributed by atoms with E-state index < -0.39 is 28.3 Å². The smallest absolute Gasteiger partial charge is 0.264 e. The first-order chi connectivity index (χ1) is 17.7. The first-order valence-electron chi connectivity index (χ1n) is 10.6. The summed E-state index contributed by atoms with van der Waals surface area (Å²) in [5.74, 6) is 0.322. The van der Waals surface area contributed by atoms with Gasteiger partial charge in [0.1, 0.15) is 12.4 Å². The Morgan fingerprint density at radius 3 is 2.43 bits per heavy atom. The van der Waals surface area contributed by atoms with Gasteiger partial charge in [-0.25, -0.2) is 18.2 Å². The van der Waals surface area contributed by atoms with Crippen LogP contribution in [0.15, 0.2) is 69.1 Å². The first-order valence-corrected chi connectivity index (χ1v) is 12.9. The Hall–Kier alpha value is -3.84. The van der Waals surface area contributed by atoms with Crippen LogP contribution in [0.5, 0.6) is 23.0 Å². The average Bonchev–Trinajstić information content (AvgIpc) is 3.34. The molecule has 194 valence electrons. The fourth-order valence-corrected chi connectivity index (χ4v) is 5.26. The maximum Gasteiger partial charge on any atom is 0.264 e. The van der Waals surface area contributed by atoms with Gasteiger partial charge in [0.05, 0.1) is 31.0 Å². The number of nitrogens with one attached hydrogen (secondary N) is 1. The van der Waals surface area contributed by atoms with Gasteiger partial charge in [0, 0.05) is 16.1 Å². The zero-order valence-corrected chi connectivity index (χ0v) is 22.0. The van der Waals surface area contributed by atoms with Crippen molar-refractivity contribution in [3.8, 4) is 23.0 Å². The molecule has 1 aliphatic rings. The third-order valence-corrected chi connectivity index (χ3v) is 7.69. The van der Waals surface area contributed by atoms with E-state index in [2.05, 4.69) is 26.5 Å². The second-order valence-corrected chi connectivity index (χ2v) is 10.2. The van der Waals surface area contributed by atoms with Crippen LogP contribution in [0.25, 0.3) is 0 Å². The largest absolute Gasteiger partial charge is 0.493 e. The van der Waals surface area contributed by atoms with E-state index in [4.69, 9.17) is 18.9 Å². The number of nitrogens with zero attached hydrogens (tertiary/aromatic N) is 2. The molecule has 1 aliphatic heterocycles. The molecule has 0 radical (unpaired) electrons. The number of fused-ring (bicyclic) bond motifs is 1. The van der Waals surface area contributed by atoms with E-state index in [0.29, 0.717) is 27.3 Å². The van der Waals surface area contributed by atoms with E-state index in [-0.39, 0.29) is 23.1 Å². The molecule has 37 heavy (non-hydrogen) atoms. The van der Waals surface area contributed by atoms with Crippen molar-refractivity contribution in [2.45, 2.75) is 4.90 Å². The van der Waals surface area contributed by atoms with Gasteiger partial charge in [0.25, 0.3) is 15.9 Å². The molecular weight excluding hydrogens is 573 g/mol. The predicted octanol–water partition coefficient (Wildman–Crippen LogP) is 3.68. The number of amides is 1. The molecule has 3 aromatic rings. The highest BCUT2D eigenvalue weighted by atomic mass is 79.9. The molecule has 0 fully saturated rings. The van der Waals surface area contributed by atoms with Crippen LogP contribution in [0.1, 0.15) is 5.56 Å². The minimum absolute atomic E-state index is 0.0776. The monoisotopic (exact) mass is 593 g/mol. The lowest BCUT2D eigenvalue weighted by Crippen LogP contribution is -2.39. The number of methoxy groups -OCH3 is 2. The van der Waals surface area contributed by atoms with Crippen molar-refractivity contribution < 1.29 is 36.6 Å². The molecule has 0 aromatic heterocycles. The van der Waals surface area contributed by atoms with Crippen molar-refractivity contribution in [2.24, 2.45) is 5.10 Å². The Kier molecular flexibility index (Phi) is 7.83. The molecule has 0 unspecified atom stereocenters. The molecular formula is C24H21BrFN3O7S. The van der Waals surface area contributed by atoms with Gasteiger partial charge >= 0.3 is 0 Å². The molecule has 0 saturated carbocycles. The number of carbonyl (C=O) groups is 1. The molecule has 10 nitrogen and oxygen atoms in total. The molecule has 1 heterocycles. The van der Waals surface area contributed by atoms with Gasteiger partial charge in [0.15, 0.2) is 23.0 Å². The number of sulfonamides is 1. The molecule has 0 bridgehead atoms. The molecule has 13 heteroatoms. The zero-order chi connectivity index (χ0) is 26.6. The summed E-state index contributed by atoms with van der Waals surface area (Å²) in [7, 11) is -1.49. The van der Waals surface area contributed by atoms with Crippen molar-refractivity contribution >= 4 is 43.8 Å². The lowest BCUT2D eigenvalue weighted by atomic mass is 10.2. The summed E-state index contributed by atoms with van der Waals surface area (Å²) < 4.78 is 63.2. The van der Waals surface area contributed by atoms with Crippen LogP contribution in [-0.4, -0.2) is 48.1 Å². The van der Waals surface area contributed by atoms with Crippen molar-refractivity contribution in [1.29, 1.82) is 0 Å². The SMILES string of the molecule is COc1ccc(S(=O)(=O)N(CC(=O)N/N=C\c2cc3c(cc2Br)OCO3)c2ccc(F)cc2)cc1OC. The predicted molar refractivity (Wildman–Crippen MR) is 136 cm³/mol. The summed E-state index contributed by atoms with van der Waals surface area (Å²) >= 11 is 3.39. The van der Waals surface area contributed by atoms with Crippen LogP contribution in [0, 0.1) is 5.82 Å². The van der Waals surface area contributed by atoms with Gasteiger partial charge in [-0.3, -0.25) is 9.10 Å². The van der Waals surface area contributed by atoms with Gasteiger partial charge in [0.2, 0.25) is 6.79 Å². The number of benzene rings is 3. The minimum Gasteiger partial charge on any atom is -0.493 e. The van der Waals surface area contributed by atoms with E-state index in [1.54, 1.807) is 12.1 Å². The lowest BCUT2D eigenvalue weighted by molar-refractivity contribution is -0.119. The lowest BCUT2D eigenvalue weighted by Gasteiger charge is -2.24. The number of carbonyl (C=O) groups excluding carboxylic acids is 1. The molecule has 0 spiro atoms. The summed E-state index contributed by atoms with van der Waals surface area (Å²) in [5, 5.41) is 3.92. The van der Waals surface area contributed by atoms with E-state index in [1.165, 1.54) is 50.8 Å². The van der Waals surface area contributed by atoms with Gasteiger partial charge in [-0.05, 0) is 64.5 Å². The number of rotatable bonds is 9. The van der Waals surface area contributed by atoms with Crippen molar-refractivity contribution in [2.75, 3.05) is 31.9 Å². The standard InChI is InChI=1S/C24H21BrFN3O7S/c1-33-20-8-7-18(10-21(20)34-2)37(31,32)29(17-5-3-16(26)4-6-17)13-24(30)28-27-12-15-9-22-23(11-19(15)25)36-14-35-22/h3-12H,13-14H2,1-2H3,(H,28,30)/b27-12-. The third-order valence-electron chi connectivity index (χ3n) is 5.23. The molecule has 4 rings (SSSR count). The number of hydrogen-bond acceptors (Lipinski definition) is 8. The molecule has 3 aromatic carbocycles. The van der Waals surface area contributed by atoms with Crippen LogP contribution in [0.2, 0.25) is 0 Å². The fraction of sp³-hybridized carbons (Fsp3) is 0.167. The highest BCUT2D eigenvalue weighted by Crippen LogP contribution is 2.36. The van der Waals surface area contributed by atoms with E-state index >= 15 is 0 Å². The van der Waals surface area contributed by atoms with Crippen LogP contribution < -0.4 is 28.7 Å². The maximum atomic E-state index is 13.6. The molecule has 1 amide bonds. The molecule has 0 atom stereocenters. The maximum absolute atomic E-state index is 13.6. The topological polar surface area (TPSA) is 116 Å². The van der Waals surface area contributed by atoms with Crippen LogP contribution in [0.4, 0.5) is 10.1 Å². The number of hydrogen-bond donors (Lipinski definition) is 1. The van der Waals surface area contributed by atoms with Crippen LogP contribution in [-0.2, 0) is 14.8 Å². The Morgan fingerprint density at radius 2 is 1.76 bits per heavy atom. The summed E-state index contributed by atoms with van der Waals surface area (Å²) in [4.78, 5) is 12.6. The second kappa shape index (κ2) is 11.0. The third kappa shape index (κ3) is 5.78. The fourth-order valence-electron chi connectivity index (χ4n) is 3.40. The molecule has 1 N–H and O–H groups in total. The highest BCUT2D eigenvalue weighted by molar-refractivity contribution is 9.10. The van der Waals surface area contributed by atoms with Gasteiger partial charge in [-0.15, -0.1) is 0 Å². The summed E-state index contributed by atoms with van der Waals surface area (Å²) in [5.41, 5.74) is 2.99. The van der Waals surface area contributed by atoms with Crippen molar-refractivity contribution in [3.05, 3.63) is 70.5 Å². The number of hydrazone groups is 1. The van der Waals surface area contributed by atoms with E-state index in [9.17, 15) is 17.6 Å². The average molecular weight is 594 g/mol. The normalized spacial score (nSPS) is 12.4. The molecule has 0 aliphatic carbocycles. The summed E-state index contributed by atoms with van der Waals surface area (Å²) in [6, 6.07) is 12.1. The number of ether oxygens (including phenoxy) is 4. The quantitative estimate of drug-likeness (QED) is 0.297. The van der Waals surface area contributed by atoms with Crippen LogP contribution >= 0.6 is 15.9 Å².